The minimum Gasteiger partial charge on any atom is -0.378 e. The van der Waals surface area contributed by atoms with E-state index in [4.69, 9.17) is 23.2 Å². The largest absolute Gasteiger partial charge is 0.378 e. The third-order valence-electron chi connectivity index (χ3n) is 3.28. The zero-order valence-corrected chi connectivity index (χ0v) is 12.8. The van der Waals surface area contributed by atoms with Crippen LogP contribution in [0.4, 0.5) is 10.1 Å². The summed E-state index contributed by atoms with van der Waals surface area (Å²) < 4.78 is 13.4. The average Bonchev–Trinajstić information content (AvgIpc) is 2.45. The highest BCUT2D eigenvalue weighted by molar-refractivity contribution is 7.99. The number of halogens is 3. The van der Waals surface area contributed by atoms with Crippen LogP contribution < -0.4 is 5.32 Å². The Hall–Kier alpha value is -0.900. The van der Waals surface area contributed by atoms with Gasteiger partial charge in [0.05, 0.1) is 16.1 Å². The summed E-state index contributed by atoms with van der Waals surface area (Å²) in [5.74, 6) is 0.482. The van der Waals surface area contributed by atoms with Crippen LogP contribution >= 0.6 is 35.0 Å². The van der Waals surface area contributed by atoms with E-state index in [1.807, 2.05) is 23.9 Å². The predicted octanol–water partition coefficient (Wildman–Crippen LogP) is 5.78. The van der Waals surface area contributed by atoms with Crippen LogP contribution in [0.1, 0.15) is 18.0 Å². The number of nitrogens with one attached hydrogen (secondary N) is 1. The number of thioether (sulfide) groups is 1. The van der Waals surface area contributed by atoms with Crippen molar-refractivity contribution in [3.63, 3.8) is 0 Å². The van der Waals surface area contributed by atoms with Crippen LogP contribution in [0.25, 0.3) is 0 Å². The molecule has 0 radical (unpaired) electrons. The molecule has 0 aromatic heterocycles. The molecule has 1 aliphatic rings. The molecule has 5 heteroatoms. The van der Waals surface area contributed by atoms with Crippen LogP contribution in [0.5, 0.6) is 0 Å². The lowest BCUT2D eigenvalue weighted by Gasteiger charge is -2.27. The maximum atomic E-state index is 13.4. The summed E-state index contributed by atoms with van der Waals surface area (Å²) >= 11 is 13.5. The summed E-state index contributed by atoms with van der Waals surface area (Å²) in [5.41, 5.74) is 2.01. The van der Waals surface area contributed by atoms with Crippen LogP contribution in [-0.2, 0) is 0 Å². The van der Waals surface area contributed by atoms with Crippen molar-refractivity contribution in [3.05, 3.63) is 57.8 Å². The van der Waals surface area contributed by atoms with Gasteiger partial charge in [0.2, 0.25) is 0 Å². The van der Waals surface area contributed by atoms with E-state index in [2.05, 4.69) is 17.4 Å². The summed E-state index contributed by atoms with van der Waals surface area (Å²) in [5, 5.41) is 3.48. The Balaban J connectivity index is 1.89. The van der Waals surface area contributed by atoms with Gasteiger partial charge in [0.1, 0.15) is 0 Å². The fourth-order valence-electron chi connectivity index (χ4n) is 2.33. The molecular weight excluding hydrogens is 316 g/mol. The molecule has 0 aliphatic carbocycles. The van der Waals surface area contributed by atoms with E-state index >= 15 is 0 Å². The van der Waals surface area contributed by atoms with Crippen molar-refractivity contribution in [1.82, 2.24) is 0 Å². The number of benzene rings is 2. The third-order valence-corrected chi connectivity index (χ3v) is 4.96. The standard InChI is InChI=1S/C15H12Cl2FNS/c16-11-7-9(8-12(17)15(11)18)19-13-5-6-20-14-4-2-1-3-10(13)14/h1-4,7-8,13,19H,5-6H2. The number of hydrogen-bond acceptors (Lipinski definition) is 2. The number of fused-ring (bicyclic) bond motifs is 1. The van der Waals surface area contributed by atoms with E-state index in [9.17, 15) is 4.39 Å². The van der Waals surface area contributed by atoms with Gasteiger partial charge in [0.15, 0.2) is 5.82 Å². The fraction of sp³-hybridized carbons (Fsp3) is 0.200. The maximum absolute atomic E-state index is 13.4. The van der Waals surface area contributed by atoms with Crippen molar-refractivity contribution in [2.75, 3.05) is 11.1 Å². The van der Waals surface area contributed by atoms with Crippen molar-refractivity contribution in [2.45, 2.75) is 17.4 Å². The Morgan fingerprint density at radius 1 is 1.15 bits per heavy atom. The van der Waals surface area contributed by atoms with E-state index in [-0.39, 0.29) is 16.1 Å². The maximum Gasteiger partial charge on any atom is 0.160 e. The highest BCUT2D eigenvalue weighted by Crippen LogP contribution is 2.38. The molecule has 0 amide bonds. The van der Waals surface area contributed by atoms with Crippen molar-refractivity contribution in [1.29, 1.82) is 0 Å². The quantitative estimate of drug-likeness (QED) is 0.701. The Morgan fingerprint density at radius 3 is 2.60 bits per heavy atom. The molecule has 1 nitrogen and oxygen atoms in total. The smallest absolute Gasteiger partial charge is 0.160 e. The molecule has 0 bridgehead atoms. The Bertz CT molecular complexity index is 625. The molecule has 1 aliphatic heterocycles. The number of rotatable bonds is 2. The third kappa shape index (κ3) is 2.76. The zero-order chi connectivity index (χ0) is 14.1. The summed E-state index contributed by atoms with van der Waals surface area (Å²) in [4.78, 5) is 1.29. The second kappa shape index (κ2) is 5.84. The predicted molar refractivity (Wildman–Crippen MR) is 84.6 cm³/mol. The lowest BCUT2D eigenvalue weighted by molar-refractivity contribution is 0.628. The van der Waals surface area contributed by atoms with Crippen LogP contribution in [0.2, 0.25) is 10.0 Å². The molecule has 1 heterocycles. The molecule has 2 aromatic rings. The second-order valence-electron chi connectivity index (χ2n) is 4.63. The molecule has 1 N–H and O–H groups in total. The minimum absolute atomic E-state index is 0.0402. The van der Waals surface area contributed by atoms with E-state index < -0.39 is 5.82 Å². The van der Waals surface area contributed by atoms with E-state index in [0.717, 1.165) is 17.9 Å². The topological polar surface area (TPSA) is 12.0 Å². The van der Waals surface area contributed by atoms with Crippen molar-refractivity contribution >= 4 is 40.7 Å². The first kappa shape index (κ1) is 14.1. The zero-order valence-electron chi connectivity index (χ0n) is 10.5. The van der Waals surface area contributed by atoms with Gasteiger partial charge in [-0.1, -0.05) is 41.4 Å². The van der Waals surface area contributed by atoms with Crippen molar-refractivity contribution in [2.24, 2.45) is 0 Å². The molecule has 1 unspecified atom stereocenters. The number of anilines is 1. The van der Waals surface area contributed by atoms with Gasteiger partial charge in [0, 0.05) is 16.3 Å². The Morgan fingerprint density at radius 2 is 1.85 bits per heavy atom. The molecule has 0 saturated carbocycles. The van der Waals surface area contributed by atoms with Gasteiger partial charge in [-0.3, -0.25) is 0 Å². The van der Waals surface area contributed by atoms with Crippen LogP contribution in [0, 0.1) is 5.82 Å². The molecule has 0 spiro atoms. The molecule has 20 heavy (non-hydrogen) atoms. The summed E-state index contributed by atoms with van der Waals surface area (Å²) in [6.45, 7) is 0. The van der Waals surface area contributed by atoms with Crippen LogP contribution in [0.15, 0.2) is 41.3 Å². The van der Waals surface area contributed by atoms with Gasteiger partial charge in [-0.2, -0.15) is 0 Å². The molecule has 104 valence electrons. The van der Waals surface area contributed by atoms with Gasteiger partial charge in [-0.25, -0.2) is 4.39 Å². The molecule has 0 saturated heterocycles. The van der Waals surface area contributed by atoms with Crippen LogP contribution in [0.3, 0.4) is 0 Å². The molecular formula is C15H12Cl2FNS. The van der Waals surface area contributed by atoms with E-state index in [1.54, 1.807) is 12.1 Å². The first-order valence-electron chi connectivity index (χ1n) is 6.28. The highest BCUT2D eigenvalue weighted by Gasteiger charge is 2.20. The minimum atomic E-state index is -0.571. The van der Waals surface area contributed by atoms with Gasteiger partial charge < -0.3 is 5.32 Å². The van der Waals surface area contributed by atoms with E-state index in [0.29, 0.717) is 0 Å². The lowest BCUT2D eigenvalue weighted by atomic mass is 10.0. The van der Waals surface area contributed by atoms with Crippen LogP contribution in [-0.4, -0.2) is 5.75 Å². The SMILES string of the molecule is Fc1c(Cl)cc(NC2CCSc3ccccc32)cc1Cl. The summed E-state index contributed by atoms with van der Waals surface area (Å²) in [6.07, 6.45) is 1.01. The molecule has 3 rings (SSSR count). The van der Waals surface area contributed by atoms with Crippen molar-refractivity contribution in [3.8, 4) is 0 Å². The number of hydrogen-bond donors (Lipinski definition) is 1. The summed E-state index contributed by atoms with van der Waals surface area (Å²) in [7, 11) is 0. The Labute approximate surface area is 131 Å². The molecule has 1 atom stereocenters. The molecule has 0 fully saturated rings. The lowest BCUT2D eigenvalue weighted by Crippen LogP contribution is -2.16. The van der Waals surface area contributed by atoms with Gasteiger partial charge >= 0.3 is 0 Å². The first-order chi connectivity index (χ1) is 9.65. The fourth-order valence-corrected chi connectivity index (χ4v) is 3.94. The van der Waals surface area contributed by atoms with Gasteiger partial charge in [-0.15, -0.1) is 11.8 Å². The first-order valence-corrected chi connectivity index (χ1v) is 8.02. The normalized spacial score (nSPS) is 17.6. The highest BCUT2D eigenvalue weighted by atomic mass is 35.5. The Kier molecular flexibility index (Phi) is 4.11. The van der Waals surface area contributed by atoms with E-state index in [1.165, 1.54) is 10.5 Å². The molecule has 2 aromatic carbocycles. The van der Waals surface area contributed by atoms with Crippen molar-refractivity contribution < 1.29 is 4.39 Å². The summed E-state index contributed by atoms with van der Waals surface area (Å²) in [6, 6.07) is 11.7. The van der Waals surface area contributed by atoms with Gasteiger partial charge in [-0.05, 0) is 30.2 Å². The average molecular weight is 328 g/mol. The monoisotopic (exact) mass is 327 g/mol. The second-order valence-corrected chi connectivity index (χ2v) is 6.58. The van der Waals surface area contributed by atoms with Gasteiger partial charge in [0.25, 0.3) is 0 Å².